The first kappa shape index (κ1) is 13.6. The van der Waals surface area contributed by atoms with Crippen LogP contribution in [0.1, 0.15) is 37.9 Å². The largest absolute Gasteiger partial charge is 0.395 e. The molecule has 2 heterocycles. The van der Waals surface area contributed by atoms with Crippen LogP contribution in [-0.2, 0) is 6.54 Å². The maximum Gasteiger partial charge on any atom is 0.105 e. The van der Waals surface area contributed by atoms with Crippen LogP contribution in [0, 0.1) is 6.92 Å². The molecule has 0 spiro atoms. The van der Waals surface area contributed by atoms with Crippen LogP contribution in [0.25, 0.3) is 0 Å². The molecule has 1 fully saturated rings. The lowest BCUT2D eigenvalue weighted by Crippen LogP contribution is -2.42. The van der Waals surface area contributed by atoms with Crippen molar-refractivity contribution in [2.75, 3.05) is 19.7 Å². The predicted octanol–water partition coefficient (Wildman–Crippen LogP) is 1.82. The van der Waals surface area contributed by atoms with E-state index in [9.17, 15) is 5.11 Å². The highest BCUT2D eigenvalue weighted by Gasteiger charge is 2.20. The van der Waals surface area contributed by atoms with Gasteiger partial charge in [-0.25, -0.2) is 4.98 Å². The Labute approximate surface area is 110 Å². The molecule has 1 aliphatic heterocycles. The molecule has 18 heavy (non-hydrogen) atoms. The van der Waals surface area contributed by atoms with Crippen molar-refractivity contribution in [3.63, 3.8) is 0 Å². The van der Waals surface area contributed by atoms with Gasteiger partial charge in [0.15, 0.2) is 0 Å². The van der Waals surface area contributed by atoms with Crippen LogP contribution in [0.4, 0.5) is 0 Å². The highest BCUT2D eigenvalue weighted by atomic mass is 16.3. The molecular weight excluding hydrogens is 226 g/mol. The summed E-state index contributed by atoms with van der Waals surface area (Å²) in [7, 11) is 0. The maximum atomic E-state index is 9.35. The molecule has 0 aromatic carbocycles. The minimum atomic E-state index is 0.320. The average Bonchev–Trinajstić information content (AvgIpc) is 2.81. The number of aliphatic hydroxyl groups is 1. The third-order valence-electron chi connectivity index (χ3n) is 3.98. The second kappa shape index (κ2) is 6.90. The van der Waals surface area contributed by atoms with Crippen LogP contribution in [0.15, 0.2) is 12.4 Å². The molecule has 1 N–H and O–H groups in total. The summed E-state index contributed by atoms with van der Waals surface area (Å²) in [4.78, 5) is 6.69. The van der Waals surface area contributed by atoms with E-state index >= 15 is 0 Å². The summed E-state index contributed by atoms with van der Waals surface area (Å²) in [5, 5.41) is 9.35. The van der Waals surface area contributed by atoms with Crippen LogP contribution in [0.2, 0.25) is 0 Å². The van der Waals surface area contributed by atoms with Gasteiger partial charge in [-0.2, -0.15) is 0 Å². The number of aliphatic hydroxyl groups excluding tert-OH is 1. The number of unbranched alkanes of at least 4 members (excludes halogenated alkanes) is 1. The van der Waals surface area contributed by atoms with Crippen LogP contribution in [0.3, 0.4) is 0 Å². The molecule has 0 aliphatic carbocycles. The van der Waals surface area contributed by atoms with Gasteiger partial charge in [-0.15, -0.1) is 0 Å². The van der Waals surface area contributed by atoms with E-state index < -0.39 is 0 Å². The number of aryl methyl sites for hydroxylation is 2. The lowest BCUT2D eigenvalue weighted by molar-refractivity contribution is 0.0885. The van der Waals surface area contributed by atoms with Crippen molar-refractivity contribution in [1.82, 2.24) is 14.5 Å². The van der Waals surface area contributed by atoms with Crippen molar-refractivity contribution < 1.29 is 5.11 Å². The fraction of sp³-hybridized carbons (Fsp3) is 0.786. The van der Waals surface area contributed by atoms with Gasteiger partial charge in [0, 0.05) is 25.0 Å². The maximum absolute atomic E-state index is 9.35. The van der Waals surface area contributed by atoms with E-state index in [1.807, 2.05) is 19.3 Å². The molecule has 1 aliphatic rings. The van der Waals surface area contributed by atoms with Crippen molar-refractivity contribution in [1.29, 1.82) is 0 Å². The van der Waals surface area contributed by atoms with Gasteiger partial charge in [-0.05, 0) is 45.7 Å². The van der Waals surface area contributed by atoms with Crippen molar-refractivity contribution in [3.8, 4) is 0 Å². The zero-order chi connectivity index (χ0) is 12.8. The Bertz CT molecular complexity index is 351. The molecule has 1 aromatic rings. The first-order valence-electron chi connectivity index (χ1n) is 7.14. The molecule has 0 saturated carbocycles. The van der Waals surface area contributed by atoms with Crippen LogP contribution < -0.4 is 0 Å². The summed E-state index contributed by atoms with van der Waals surface area (Å²) in [5.74, 6) is 1.10. The number of hydrogen-bond acceptors (Lipinski definition) is 3. The molecule has 0 radical (unpaired) electrons. The van der Waals surface area contributed by atoms with Crippen LogP contribution in [0.5, 0.6) is 0 Å². The van der Waals surface area contributed by atoms with Gasteiger partial charge in [0.05, 0.1) is 6.61 Å². The Hall–Kier alpha value is -0.870. The molecule has 4 heteroatoms. The minimum absolute atomic E-state index is 0.320. The zero-order valence-corrected chi connectivity index (χ0v) is 11.4. The highest BCUT2D eigenvalue weighted by Crippen LogP contribution is 2.17. The van der Waals surface area contributed by atoms with Gasteiger partial charge in [-0.1, -0.05) is 6.42 Å². The first-order valence-corrected chi connectivity index (χ1v) is 7.14. The molecule has 2 rings (SSSR count). The molecule has 4 nitrogen and oxygen atoms in total. The second-order valence-corrected chi connectivity index (χ2v) is 5.24. The van der Waals surface area contributed by atoms with E-state index in [2.05, 4.69) is 14.5 Å². The number of rotatable bonds is 6. The smallest absolute Gasteiger partial charge is 0.105 e. The number of piperidine rings is 1. The van der Waals surface area contributed by atoms with Gasteiger partial charge in [0.25, 0.3) is 0 Å². The molecule has 1 atom stereocenters. The summed E-state index contributed by atoms with van der Waals surface area (Å²) < 4.78 is 2.21. The molecule has 0 amide bonds. The summed E-state index contributed by atoms with van der Waals surface area (Å²) in [5.41, 5.74) is 0. The molecule has 102 valence electrons. The Balaban J connectivity index is 1.67. The summed E-state index contributed by atoms with van der Waals surface area (Å²) in [6.07, 6.45) is 10.0. The molecule has 1 saturated heterocycles. The van der Waals surface area contributed by atoms with Gasteiger partial charge in [-0.3, -0.25) is 4.90 Å². The lowest BCUT2D eigenvalue weighted by Gasteiger charge is -2.34. The Morgan fingerprint density at radius 3 is 2.89 bits per heavy atom. The zero-order valence-electron chi connectivity index (χ0n) is 11.4. The SMILES string of the molecule is Cc1nccn1CCCCN1CCCCC1CO. The number of likely N-dealkylation sites (tertiary alicyclic amines) is 1. The number of imidazole rings is 1. The third kappa shape index (κ3) is 3.56. The topological polar surface area (TPSA) is 41.3 Å². The van der Waals surface area contributed by atoms with Crippen molar-refractivity contribution in [2.24, 2.45) is 0 Å². The minimum Gasteiger partial charge on any atom is -0.395 e. The van der Waals surface area contributed by atoms with E-state index in [0.29, 0.717) is 12.6 Å². The highest BCUT2D eigenvalue weighted by molar-refractivity contribution is 4.88. The summed E-state index contributed by atoms with van der Waals surface area (Å²) >= 11 is 0. The van der Waals surface area contributed by atoms with E-state index in [0.717, 1.165) is 31.9 Å². The molecule has 1 unspecified atom stereocenters. The predicted molar refractivity (Wildman–Crippen MR) is 72.5 cm³/mol. The monoisotopic (exact) mass is 251 g/mol. The van der Waals surface area contributed by atoms with Crippen molar-refractivity contribution in [2.45, 2.75) is 51.6 Å². The van der Waals surface area contributed by atoms with Gasteiger partial charge in [0.2, 0.25) is 0 Å². The van der Waals surface area contributed by atoms with E-state index in [1.165, 1.54) is 25.7 Å². The standard InChI is InChI=1S/C14H25N3O/c1-13-15-7-11-16(13)8-4-5-10-17-9-3-2-6-14(17)12-18/h7,11,14,18H,2-6,8-10,12H2,1H3. The van der Waals surface area contributed by atoms with Crippen molar-refractivity contribution in [3.05, 3.63) is 18.2 Å². The molecule has 1 aromatic heterocycles. The van der Waals surface area contributed by atoms with E-state index in [4.69, 9.17) is 0 Å². The van der Waals surface area contributed by atoms with E-state index in [-0.39, 0.29) is 0 Å². The average molecular weight is 251 g/mol. The Morgan fingerprint density at radius 2 is 2.17 bits per heavy atom. The summed E-state index contributed by atoms with van der Waals surface area (Å²) in [6.45, 7) is 5.71. The Kier molecular flexibility index (Phi) is 5.20. The van der Waals surface area contributed by atoms with Crippen LogP contribution >= 0.6 is 0 Å². The lowest BCUT2D eigenvalue weighted by atomic mass is 10.0. The fourth-order valence-electron chi connectivity index (χ4n) is 2.80. The molecule has 0 bridgehead atoms. The van der Waals surface area contributed by atoms with Gasteiger partial charge >= 0.3 is 0 Å². The summed E-state index contributed by atoms with van der Waals surface area (Å²) in [6, 6.07) is 0.411. The van der Waals surface area contributed by atoms with Crippen LogP contribution in [-0.4, -0.2) is 45.3 Å². The first-order chi connectivity index (χ1) is 8.81. The number of aromatic nitrogens is 2. The van der Waals surface area contributed by atoms with Gasteiger partial charge < -0.3 is 9.67 Å². The normalized spacial score (nSPS) is 21.3. The van der Waals surface area contributed by atoms with Gasteiger partial charge in [0.1, 0.15) is 5.82 Å². The molecular formula is C14H25N3O. The quantitative estimate of drug-likeness (QED) is 0.784. The number of nitrogens with zero attached hydrogens (tertiary/aromatic N) is 3. The Morgan fingerprint density at radius 1 is 1.33 bits per heavy atom. The second-order valence-electron chi connectivity index (χ2n) is 5.24. The third-order valence-corrected chi connectivity index (χ3v) is 3.98. The fourth-order valence-corrected chi connectivity index (χ4v) is 2.80. The van der Waals surface area contributed by atoms with E-state index in [1.54, 1.807) is 0 Å². The van der Waals surface area contributed by atoms with Crippen molar-refractivity contribution >= 4 is 0 Å². The number of hydrogen-bond donors (Lipinski definition) is 1.